The second-order valence-electron chi connectivity index (χ2n) is 3.24. The Bertz CT molecular complexity index is 530. The number of nitrogens with one attached hydrogen (secondary N) is 2. The molecule has 0 radical (unpaired) electrons. The smallest absolute Gasteiger partial charge is 0.337 e. The molecule has 0 fully saturated rings. The highest BCUT2D eigenvalue weighted by Crippen LogP contribution is 2.06. The van der Waals surface area contributed by atoms with Crippen LogP contribution in [0.5, 0.6) is 6.01 Å². The molecule has 0 bridgehead atoms. The lowest BCUT2D eigenvalue weighted by Gasteiger charge is -1.94. The molecule has 0 aliphatic heterocycles. The molecule has 2 aromatic rings. The molecule has 94 valence electrons. The van der Waals surface area contributed by atoms with Crippen molar-refractivity contribution in [1.82, 2.24) is 15.2 Å². The molecule has 2 heterocycles. The predicted octanol–water partition coefficient (Wildman–Crippen LogP) is 1.45. The van der Waals surface area contributed by atoms with E-state index in [1.54, 1.807) is 18.2 Å². The van der Waals surface area contributed by atoms with Crippen LogP contribution in [0.25, 0.3) is 6.08 Å². The van der Waals surface area contributed by atoms with E-state index < -0.39 is 0 Å². The predicted molar refractivity (Wildman–Crippen MR) is 63.9 cm³/mol. The number of hydrogen-bond acceptors (Lipinski definition) is 5. The number of aromatic nitrogens is 3. The first-order valence-electron chi connectivity index (χ1n) is 5.35. The average molecular weight is 248 g/mol. The van der Waals surface area contributed by atoms with Crippen LogP contribution in [-0.2, 0) is 4.79 Å². The zero-order valence-electron chi connectivity index (χ0n) is 9.71. The van der Waals surface area contributed by atoms with Gasteiger partial charge in [-0.25, -0.2) is 5.10 Å². The van der Waals surface area contributed by atoms with Gasteiger partial charge in [0.15, 0.2) is 0 Å². The molecule has 0 atom stereocenters. The highest BCUT2D eigenvalue weighted by molar-refractivity contribution is 6.00. The molecule has 0 saturated carbocycles. The molecule has 0 aromatic carbocycles. The minimum absolute atomic E-state index is 0.197. The van der Waals surface area contributed by atoms with Crippen molar-refractivity contribution in [2.75, 3.05) is 11.9 Å². The fourth-order valence-corrected chi connectivity index (χ4v) is 1.20. The van der Waals surface area contributed by atoms with E-state index in [1.807, 2.05) is 6.92 Å². The highest BCUT2D eigenvalue weighted by Gasteiger charge is 2.05. The molecule has 2 N–H and O–H groups in total. The van der Waals surface area contributed by atoms with Gasteiger partial charge in [0.1, 0.15) is 5.76 Å². The normalized spacial score (nSPS) is 10.7. The zero-order valence-corrected chi connectivity index (χ0v) is 9.71. The van der Waals surface area contributed by atoms with E-state index in [0.29, 0.717) is 12.4 Å². The van der Waals surface area contributed by atoms with E-state index in [4.69, 9.17) is 9.15 Å². The molecule has 2 aromatic heterocycles. The lowest BCUT2D eigenvalue weighted by molar-refractivity contribution is -0.111. The summed E-state index contributed by atoms with van der Waals surface area (Å²) in [4.78, 5) is 15.4. The molecular formula is C11H12N4O3. The van der Waals surface area contributed by atoms with Crippen molar-refractivity contribution in [2.45, 2.75) is 6.92 Å². The quantitative estimate of drug-likeness (QED) is 0.781. The van der Waals surface area contributed by atoms with Gasteiger partial charge in [0.25, 0.3) is 5.91 Å². The lowest BCUT2D eigenvalue weighted by atomic mass is 10.4. The molecule has 18 heavy (non-hydrogen) atoms. The molecule has 7 nitrogen and oxygen atoms in total. The summed E-state index contributed by atoms with van der Waals surface area (Å²) in [5.41, 5.74) is 0. The van der Waals surface area contributed by atoms with Gasteiger partial charge in [-0.1, -0.05) is 0 Å². The van der Waals surface area contributed by atoms with Crippen LogP contribution < -0.4 is 10.1 Å². The number of hydrogen-bond donors (Lipinski definition) is 2. The van der Waals surface area contributed by atoms with Crippen molar-refractivity contribution < 1.29 is 13.9 Å². The van der Waals surface area contributed by atoms with Crippen LogP contribution in [0, 0.1) is 0 Å². The molecule has 0 saturated heterocycles. The maximum atomic E-state index is 11.5. The van der Waals surface area contributed by atoms with Crippen molar-refractivity contribution in [3.63, 3.8) is 0 Å². The number of furan rings is 1. The molecule has 7 heteroatoms. The van der Waals surface area contributed by atoms with Crippen molar-refractivity contribution >= 4 is 17.9 Å². The fraction of sp³-hybridized carbons (Fsp3) is 0.182. The molecule has 0 aliphatic rings. The Labute approximate surface area is 103 Å². The van der Waals surface area contributed by atoms with Crippen LogP contribution in [-0.4, -0.2) is 27.7 Å². The van der Waals surface area contributed by atoms with Gasteiger partial charge in [0.05, 0.1) is 12.9 Å². The maximum Gasteiger partial charge on any atom is 0.337 e. The fourth-order valence-electron chi connectivity index (χ4n) is 1.20. The Balaban J connectivity index is 1.90. The first-order chi connectivity index (χ1) is 8.78. The first-order valence-corrected chi connectivity index (χ1v) is 5.35. The number of rotatable bonds is 5. The monoisotopic (exact) mass is 248 g/mol. The summed E-state index contributed by atoms with van der Waals surface area (Å²) in [5.74, 6) is 0.482. The van der Waals surface area contributed by atoms with Crippen LogP contribution in [0.1, 0.15) is 12.7 Å². The van der Waals surface area contributed by atoms with Gasteiger partial charge in [-0.15, -0.1) is 5.10 Å². The van der Waals surface area contributed by atoms with E-state index in [2.05, 4.69) is 20.5 Å². The first kappa shape index (κ1) is 11.9. The number of amides is 1. The van der Waals surface area contributed by atoms with E-state index in [0.717, 1.165) is 0 Å². The standard InChI is InChI=1S/C11H12N4O3/c1-2-17-11-13-10(14-15-11)12-9(16)6-5-8-4-3-7-18-8/h3-7H,2H2,1H3,(H2,12,13,14,15,16)/b6-5+. The summed E-state index contributed by atoms with van der Waals surface area (Å²) in [6.45, 7) is 2.28. The number of ether oxygens (including phenoxy) is 1. The maximum absolute atomic E-state index is 11.5. The van der Waals surface area contributed by atoms with Gasteiger partial charge < -0.3 is 9.15 Å². The van der Waals surface area contributed by atoms with Crippen LogP contribution in [0.15, 0.2) is 28.9 Å². The number of aromatic amines is 1. The van der Waals surface area contributed by atoms with E-state index in [-0.39, 0.29) is 17.9 Å². The third-order valence-corrected chi connectivity index (χ3v) is 1.92. The molecule has 1 amide bonds. The third kappa shape index (κ3) is 3.21. The summed E-state index contributed by atoms with van der Waals surface area (Å²) in [6.07, 6.45) is 4.42. The Morgan fingerprint density at radius 1 is 1.67 bits per heavy atom. The summed E-state index contributed by atoms with van der Waals surface area (Å²) in [7, 11) is 0. The Kier molecular flexibility index (Phi) is 3.75. The van der Waals surface area contributed by atoms with Crippen LogP contribution >= 0.6 is 0 Å². The molecule has 0 unspecified atom stereocenters. The number of anilines is 1. The molecule has 2 rings (SSSR count). The third-order valence-electron chi connectivity index (χ3n) is 1.92. The van der Waals surface area contributed by atoms with E-state index in [9.17, 15) is 4.79 Å². The van der Waals surface area contributed by atoms with Crippen molar-refractivity contribution in [2.24, 2.45) is 0 Å². The minimum Gasteiger partial charge on any atom is -0.465 e. The molecular weight excluding hydrogens is 236 g/mol. The second kappa shape index (κ2) is 5.67. The number of nitrogens with zero attached hydrogens (tertiary/aromatic N) is 2. The van der Waals surface area contributed by atoms with Crippen LogP contribution in [0.2, 0.25) is 0 Å². The Morgan fingerprint density at radius 2 is 2.56 bits per heavy atom. The van der Waals surface area contributed by atoms with Gasteiger partial charge in [-0.05, 0) is 25.1 Å². The summed E-state index contributed by atoms with van der Waals surface area (Å²) < 4.78 is 10.1. The number of carbonyl (C=O) groups excluding carboxylic acids is 1. The van der Waals surface area contributed by atoms with Crippen molar-refractivity contribution in [1.29, 1.82) is 0 Å². The van der Waals surface area contributed by atoms with Crippen molar-refractivity contribution in [3.05, 3.63) is 30.2 Å². The van der Waals surface area contributed by atoms with Gasteiger partial charge in [-0.2, -0.15) is 4.98 Å². The summed E-state index contributed by atoms with van der Waals surface area (Å²) in [6, 6.07) is 3.68. The summed E-state index contributed by atoms with van der Waals surface area (Å²) in [5, 5.41) is 8.80. The average Bonchev–Trinajstić information content (AvgIpc) is 2.99. The number of carbonyl (C=O) groups is 1. The van der Waals surface area contributed by atoms with E-state index >= 15 is 0 Å². The van der Waals surface area contributed by atoms with Gasteiger partial charge in [-0.3, -0.25) is 10.1 Å². The topological polar surface area (TPSA) is 93.0 Å². The largest absolute Gasteiger partial charge is 0.465 e. The lowest BCUT2D eigenvalue weighted by Crippen LogP contribution is -2.09. The minimum atomic E-state index is -0.342. The Hall–Kier alpha value is -2.57. The Morgan fingerprint density at radius 3 is 3.28 bits per heavy atom. The number of H-pyrrole nitrogens is 1. The summed E-state index contributed by atoms with van der Waals surface area (Å²) >= 11 is 0. The van der Waals surface area contributed by atoms with Crippen LogP contribution in [0.4, 0.5) is 5.95 Å². The zero-order chi connectivity index (χ0) is 12.8. The second-order valence-corrected chi connectivity index (χ2v) is 3.24. The highest BCUT2D eigenvalue weighted by atomic mass is 16.5. The van der Waals surface area contributed by atoms with E-state index in [1.165, 1.54) is 12.3 Å². The van der Waals surface area contributed by atoms with Crippen molar-refractivity contribution in [3.8, 4) is 6.01 Å². The SMILES string of the molecule is CCOc1n[nH]c(NC(=O)/C=C/c2ccco2)n1. The van der Waals surface area contributed by atoms with Gasteiger partial charge >= 0.3 is 6.01 Å². The molecule has 0 spiro atoms. The molecule has 0 aliphatic carbocycles. The van der Waals surface area contributed by atoms with Crippen LogP contribution in [0.3, 0.4) is 0 Å². The van der Waals surface area contributed by atoms with Gasteiger partial charge in [0.2, 0.25) is 5.95 Å². The van der Waals surface area contributed by atoms with Gasteiger partial charge in [0, 0.05) is 6.08 Å².